The quantitative estimate of drug-likeness (QED) is 0.635. The first-order valence-corrected chi connectivity index (χ1v) is 9.22. The second-order valence-corrected chi connectivity index (χ2v) is 7.19. The molecule has 0 fully saturated rings. The van der Waals surface area contributed by atoms with E-state index in [1.165, 1.54) is 0 Å². The number of anilines is 1. The van der Waals surface area contributed by atoms with Gasteiger partial charge in [0.15, 0.2) is 9.84 Å². The van der Waals surface area contributed by atoms with Crippen LogP contribution in [0.25, 0.3) is 0 Å². The highest BCUT2D eigenvalue weighted by Gasteiger charge is 2.16. The predicted octanol–water partition coefficient (Wildman–Crippen LogP) is 1.57. The third-order valence-corrected chi connectivity index (χ3v) is 4.55. The summed E-state index contributed by atoms with van der Waals surface area (Å²) in [5.74, 6) is -0.301. The number of nitrogens with one attached hydrogen (secondary N) is 1. The zero-order chi connectivity index (χ0) is 16.4. The predicted molar refractivity (Wildman–Crippen MR) is 87.8 cm³/mol. The van der Waals surface area contributed by atoms with Crippen molar-refractivity contribution in [2.24, 2.45) is 5.73 Å². The molecular weight excluding hydrogens is 304 g/mol. The maximum absolute atomic E-state index is 11.8. The molecule has 3 N–H and O–H groups in total. The summed E-state index contributed by atoms with van der Waals surface area (Å²) in [5, 5.41) is 2.57. The summed E-state index contributed by atoms with van der Waals surface area (Å²) in [6.07, 6.45) is 2.39. The van der Waals surface area contributed by atoms with Gasteiger partial charge in [0.05, 0.1) is 5.75 Å². The van der Waals surface area contributed by atoms with E-state index in [2.05, 4.69) is 5.32 Å². The standard InChI is InChI=1S/C15H24N2O4S/c1-2-3-4-11-22(19,20)12-15(18)17-13-5-7-14(8-6-13)21-10-9-16/h5-8H,2-4,9-12,16H2,1H3,(H,17,18). The van der Waals surface area contributed by atoms with Gasteiger partial charge in [-0.25, -0.2) is 8.42 Å². The van der Waals surface area contributed by atoms with Crippen molar-refractivity contribution < 1.29 is 17.9 Å². The summed E-state index contributed by atoms with van der Waals surface area (Å²) in [5.41, 5.74) is 5.87. The third-order valence-electron chi connectivity index (χ3n) is 2.93. The Kier molecular flexibility index (Phi) is 7.90. The van der Waals surface area contributed by atoms with Crippen LogP contribution < -0.4 is 15.8 Å². The Bertz CT molecular complexity index is 555. The SMILES string of the molecule is CCCCCS(=O)(=O)CC(=O)Nc1ccc(OCCN)cc1. The van der Waals surface area contributed by atoms with Crippen molar-refractivity contribution in [2.75, 3.05) is 30.0 Å². The fourth-order valence-electron chi connectivity index (χ4n) is 1.85. The van der Waals surface area contributed by atoms with Crippen LogP contribution in [0.1, 0.15) is 26.2 Å². The Morgan fingerprint density at radius 2 is 1.91 bits per heavy atom. The Balaban J connectivity index is 2.47. The number of hydrogen-bond acceptors (Lipinski definition) is 5. The molecule has 22 heavy (non-hydrogen) atoms. The van der Waals surface area contributed by atoms with E-state index < -0.39 is 21.5 Å². The lowest BCUT2D eigenvalue weighted by molar-refractivity contribution is -0.113. The molecule has 0 saturated carbocycles. The smallest absolute Gasteiger partial charge is 0.239 e. The molecule has 1 rings (SSSR count). The van der Waals surface area contributed by atoms with Gasteiger partial charge in [0.1, 0.15) is 18.1 Å². The topological polar surface area (TPSA) is 98.5 Å². The van der Waals surface area contributed by atoms with Gasteiger partial charge in [-0.05, 0) is 30.7 Å². The van der Waals surface area contributed by atoms with Crippen molar-refractivity contribution in [3.8, 4) is 5.75 Å². The van der Waals surface area contributed by atoms with E-state index in [1.807, 2.05) is 6.92 Å². The zero-order valence-corrected chi connectivity index (χ0v) is 13.7. The highest BCUT2D eigenvalue weighted by Crippen LogP contribution is 2.15. The van der Waals surface area contributed by atoms with Gasteiger partial charge in [0, 0.05) is 12.2 Å². The molecule has 0 aliphatic heterocycles. The molecule has 124 valence electrons. The Morgan fingerprint density at radius 1 is 1.23 bits per heavy atom. The van der Waals surface area contributed by atoms with Crippen LogP contribution in [0.4, 0.5) is 5.69 Å². The molecule has 7 heteroatoms. The molecule has 0 radical (unpaired) electrons. The summed E-state index contributed by atoms with van der Waals surface area (Å²) >= 11 is 0. The summed E-state index contributed by atoms with van der Waals surface area (Å²) in [6.45, 7) is 2.84. The lowest BCUT2D eigenvalue weighted by Crippen LogP contribution is -2.24. The molecular formula is C15H24N2O4S. The Morgan fingerprint density at radius 3 is 2.50 bits per heavy atom. The number of benzene rings is 1. The summed E-state index contributed by atoms with van der Waals surface area (Å²) in [6, 6.07) is 6.71. The number of ether oxygens (including phenoxy) is 1. The van der Waals surface area contributed by atoms with Crippen LogP contribution in [-0.4, -0.2) is 39.0 Å². The Labute approximate surface area is 132 Å². The minimum absolute atomic E-state index is 0.0557. The first-order chi connectivity index (χ1) is 10.5. The summed E-state index contributed by atoms with van der Waals surface area (Å²) < 4.78 is 28.9. The van der Waals surface area contributed by atoms with Gasteiger partial charge in [-0.2, -0.15) is 0 Å². The molecule has 0 bridgehead atoms. The van der Waals surface area contributed by atoms with E-state index in [1.54, 1.807) is 24.3 Å². The molecule has 1 aromatic carbocycles. The maximum Gasteiger partial charge on any atom is 0.239 e. The lowest BCUT2D eigenvalue weighted by atomic mass is 10.3. The van der Waals surface area contributed by atoms with Crippen LogP contribution in [0, 0.1) is 0 Å². The number of carbonyl (C=O) groups is 1. The van der Waals surface area contributed by atoms with Crippen molar-refractivity contribution >= 4 is 21.4 Å². The molecule has 1 amide bonds. The van der Waals surface area contributed by atoms with Gasteiger partial charge >= 0.3 is 0 Å². The van der Waals surface area contributed by atoms with Crippen molar-refractivity contribution in [2.45, 2.75) is 26.2 Å². The number of carbonyl (C=O) groups excluding carboxylic acids is 1. The molecule has 1 aromatic rings. The average molecular weight is 328 g/mol. The normalized spacial score (nSPS) is 11.2. The van der Waals surface area contributed by atoms with E-state index in [0.29, 0.717) is 31.0 Å². The number of hydrogen-bond donors (Lipinski definition) is 2. The first-order valence-electron chi connectivity index (χ1n) is 7.40. The number of sulfone groups is 1. The van der Waals surface area contributed by atoms with Crippen molar-refractivity contribution in [1.29, 1.82) is 0 Å². The largest absolute Gasteiger partial charge is 0.492 e. The van der Waals surface area contributed by atoms with E-state index in [9.17, 15) is 13.2 Å². The minimum Gasteiger partial charge on any atom is -0.492 e. The number of nitrogens with two attached hydrogens (primary N) is 1. The van der Waals surface area contributed by atoms with Gasteiger partial charge in [-0.1, -0.05) is 19.8 Å². The molecule has 6 nitrogen and oxygen atoms in total. The zero-order valence-electron chi connectivity index (χ0n) is 12.9. The van der Waals surface area contributed by atoms with E-state index in [-0.39, 0.29) is 5.75 Å². The van der Waals surface area contributed by atoms with Crippen molar-refractivity contribution in [3.05, 3.63) is 24.3 Å². The van der Waals surface area contributed by atoms with Crippen LogP contribution in [0.5, 0.6) is 5.75 Å². The first kappa shape index (κ1) is 18.4. The average Bonchev–Trinajstić information content (AvgIpc) is 2.46. The summed E-state index contributed by atoms with van der Waals surface area (Å²) in [4.78, 5) is 11.8. The van der Waals surface area contributed by atoms with Crippen LogP contribution in [-0.2, 0) is 14.6 Å². The van der Waals surface area contributed by atoms with Crippen molar-refractivity contribution in [3.63, 3.8) is 0 Å². The van der Waals surface area contributed by atoms with Crippen LogP contribution in [0.15, 0.2) is 24.3 Å². The van der Waals surface area contributed by atoms with Crippen LogP contribution in [0.2, 0.25) is 0 Å². The molecule has 0 aromatic heterocycles. The highest BCUT2D eigenvalue weighted by atomic mass is 32.2. The number of unbranched alkanes of at least 4 members (excludes halogenated alkanes) is 2. The van der Waals surface area contributed by atoms with Gasteiger partial charge in [0.25, 0.3) is 0 Å². The second-order valence-electron chi connectivity index (χ2n) is 5.01. The van der Waals surface area contributed by atoms with Crippen LogP contribution in [0.3, 0.4) is 0 Å². The fraction of sp³-hybridized carbons (Fsp3) is 0.533. The molecule has 0 saturated heterocycles. The maximum atomic E-state index is 11.8. The minimum atomic E-state index is -3.34. The molecule has 0 aliphatic carbocycles. The number of amides is 1. The van der Waals surface area contributed by atoms with Gasteiger partial charge in [-0.3, -0.25) is 4.79 Å². The second kappa shape index (κ2) is 9.42. The molecule has 0 atom stereocenters. The van der Waals surface area contributed by atoms with E-state index in [4.69, 9.17) is 10.5 Å². The van der Waals surface area contributed by atoms with Crippen molar-refractivity contribution in [1.82, 2.24) is 0 Å². The fourth-order valence-corrected chi connectivity index (χ4v) is 3.11. The molecule has 0 unspecified atom stereocenters. The molecule has 0 heterocycles. The molecule has 0 spiro atoms. The van der Waals surface area contributed by atoms with E-state index in [0.717, 1.165) is 12.8 Å². The highest BCUT2D eigenvalue weighted by molar-refractivity contribution is 7.92. The molecule has 0 aliphatic rings. The monoisotopic (exact) mass is 328 g/mol. The lowest BCUT2D eigenvalue weighted by Gasteiger charge is -2.08. The van der Waals surface area contributed by atoms with E-state index >= 15 is 0 Å². The summed E-state index contributed by atoms with van der Waals surface area (Å²) in [7, 11) is -3.34. The van der Waals surface area contributed by atoms with Crippen LogP contribution >= 0.6 is 0 Å². The van der Waals surface area contributed by atoms with Gasteiger partial charge in [0.2, 0.25) is 5.91 Å². The Hall–Kier alpha value is -1.60. The number of rotatable bonds is 10. The third kappa shape index (κ3) is 7.42. The van der Waals surface area contributed by atoms with Gasteiger partial charge in [-0.15, -0.1) is 0 Å². The van der Waals surface area contributed by atoms with Gasteiger partial charge < -0.3 is 15.8 Å².